The summed E-state index contributed by atoms with van der Waals surface area (Å²) in [5.74, 6) is 5.94. The van der Waals surface area contributed by atoms with Crippen LogP contribution < -0.4 is 0 Å². The lowest BCUT2D eigenvalue weighted by molar-refractivity contribution is 0.234. The van der Waals surface area contributed by atoms with E-state index < -0.39 is 0 Å². The lowest BCUT2D eigenvalue weighted by Gasteiger charge is -2.28. The quantitative estimate of drug-likeness (QED) is 0.482. The zero-order chi connectivity index (χ0) is 15.1. The van der Waals surface area contributed by atoms with Gasteiger partial charge in [0, 0.05) is 0 Å². The summed E-state index contributed by atoms with van der Waals surface area (Å²) >= 11 is 0. The first-order valence-electron chi connectivity index (χ1n) is 9.40. The third-order valence-corrected chi connectivity index (χ3v) is 6.01. The first-order chi connectivity index (χ1) is 9.40. The molecule has 0 spiro atoms. The lowest BCUT2D eigenvalue weighted by Crippen LogP contribution is -2.16. The number of hydrogen-bond acceptors (Lipinski definition) is 0. The Hall–Kier alpha value is 0. The van der Waals surface area contributed by atoms with Gasteiger partial charge < -0.3 is 0 Å². The molecular weight excluding hydrogens is 264 g/mol. The summed E-state index contributed by atoms with van der Waals surface area (Å²) in [7, 11) is 0. The second kappa shape index (κ2) is 12.4. The van der Waals surface area contributed by atoms with Crippen LogP contribution in [0.1, 0.15) is 108 Å². The Morgan fingerprint density at radius 3 is 0.909 bits per heavy atom. The second-order valence-electron chi connectivity index (χ2n) is 8.53. The van der Waals surface area contributed by atoms with Crippen LogP contribution in [0.25, 0.3) is 0 Å². The molecule has 0 saturated heterocycles. The van der Waals surface area contributed by atoms with Crippen molar-refractivity contribution in [2.45, 2.75) is 108 Å². The van der Waals surface area contributed by atoms with E-state index in [1.807, 2.05) is 0 Å². The van der Waals surface area contributed by atoms with E-state index in [0.29, 0.717) is 0 Å². The molecule has 0 nitrogen and oxygen atoms in total. The molecule has 0 bridgehead atoms. The molecule has 0 heteroatoms. The Kier molecular flexibility index (Phi) is 13.7. The molecule has 0 amide bonds. The van der Waals surface area contributed by atoms with Crippen LogP contribution in [-0.4, -0.2) is 0 Å². The van der Waals surface area contributed by atoms with Crippen molar-refractivity contribution in [2.24, 2.45) is 35.5 Å². The summed E-state index contributed by atoms with van der Waals surface area (Å²) in [6.45, 7) is 14.2. The molecule has 0 aliphatic heterocycles. The Morgan fingerprint density at radius 1 is 0.500 bits per heavy atom. The van der Waals surface area contributed by atoms with Crippen LogP contribution in [0.4, 0.5) is 0 Å². The summed E-state index contributed by atoms with van der Waals surface area (Å²) in [5.41, 5.74) is 0. The molecule has 2 aliphatic carbocycles. The Labute approximate surface area is 143 Å². The molecule has 0 aromatic rings. The molecule has 0 aromatic heterocycles. The summed E-state index contributed by atoms with van der Waals surface area (Å²) in [6.07, 6.45) is 11.8. The van der Waals surface area contributed by atoms with Crippen molar-refractivity contribution < 1.29 is 0 Å². The SMILES string of the molecule is C.C.CC1CCC(C(C)C)CC1.CC1CCC(C(C)C)CC1. The molecule has 2 fully saturated rings. The highest BCUT2D eigenvalue weighted by molar-refractivity contribution is 4.72. The number of hydrogen-bond donors (Lipinski definition) is 0. The molecule has 136 valence electrons. The zero-order valence-electron chi connectivity index (χ0n) is 15.1. The molecule has 0 unspecified atom stereocenters. The first kappa shape index (κ1) is 24.3. The van der Waals surface area contributed by atoms with Gasteiger partial charge in [-0.15, -0.1) is 0 Å². The van der Waals surface area contributed by atoms with Crippen molar-refractivity contribution in [1.29, 1.82) is 0 Å². The molecule has 0 atom stereocenters. The Balaban J connectivity index is 0. The molecule has 0 heterocycles. The fraction of sp³-hybridized carbons (Fsp3) is 1.00. The van der Waals surface area contributed by atoms with E-state index in [1.54, 1.807) is 0 Å². The monoisotopic (exact) mass is 312 g/mol. The van der Waals surface area contributed by atoms with E-state index in [0.717, 1.165) is 35.5 Å². The third kappa shape index (κ3) is 9.21. The molecule has 22 heavy (non-hydrogen) atoms. The van der Waals surface area contributed by atoms with Gasteiger partial charge in [-0.1, -0.05) is 82.1 Å². The first-order valence-corrected chi connectivity index (χ1v) is 9.40. The van der Waals surface area contributed by atoms with E-state index >= 15 is 0 Å². The minimum atomic E-state index is 0. The molecule has 2 rings (SSSR count). The molecular formula is C22H48. The zero-order valence-corrected chi connectivity index (χ0v) is 15.1. The van der Waals surface area contributed by atoms with Gasteiger partial charge in [0.05, 0.1) is 0 Å². The van der Waals surface area contributed by atoms with Crippen LogP contribution >= 0.6 is 0 Å². The van der Waals surface area contributed by atoms with Crippen molar-refractivity contribution in [3.63, 3.8) is 0 Å². The van der Waals surface area contributed by atoms with Crippen LogP contribution in [0.3, 0.4) is 0 Å². The van der Waals surface area contributed by atoms with Crippen molar-refractivity contribution in [3.8, 4) is 0 Å². The van der Waals surface area contributed by atoms with Gasteiger partial charge in [0.1, 0.15) is 0 Å². The van der Waals surface area contributed by atoms with E-state index in [9.17, 15) is 0 Å². The number of rotatable bonds is 2. The normalized spacial score (nSPS) is 31.6. The Morgan fingerprint density at radius 2 is 0.727 bits per heavy atom. The maximum absolute atomic E-state index is 2.39. The van der Waals surface area contributed by atoms with Crippen LogP contribution in [0, 0.1) is 35.5 Å². The van der Waals surface area contributed by atoms with Gasteiger partial charge in [-0.3, -0.25) is 0 Å². The summed E-state index contributed by atoms with van der Waals surface area (Å²) in [6, 6.07) is 0. The largest absolute Gasteiger partial charge is 0.0776 e. The molecule has 2 aliphatic rings. The molecule has 0 radical (unpaired) electrons. The smallest absolute Gasteiger partial charge is 0.0391 e. The van der Waals surface area contributed by atoms with E-state index in [1.165, 1.54) is 51.4 Å². The van der Waals surface area contributed by atoms with Gasteiger partial charge >= 0.3 is 0 Å². The average Bonchev–Trinajstić information content (AvgIpc) is 2.40. The van der Waals surface area contributed by atoms with E-state index in [2.05, 4.69) is 41.5 Å². The highest BCUT2D eigenvalue weighted by Gasteiger charge is 2.20. The summed E-state index contributed by atoms with van der Waals surface area (Å²) in [4.78, 5) is 0. The van der Waals surface area contributed by atoms with Gasteiger partial charge in [0.25, 0.3) is 0 Å². The molecule has 0 N–H and O–H groups in total. The van der Waals surface area contributed by atoms with Crippen molar-refractivity contribution in [2.75, 3.05) is 0 Å². The van der Waals surface area contributed by atoms with Gasteiger partial charge in [0.15, 0.2) is 0 Å². The standard InChI is InChI=1S/2C10H20.2CH4/c2*1-8(2)10-6-4-9(3)5-7-10;;/h2*8-10H,4-7H2,1-3H3;2*1H4. The second-order valence-corrected chi connectivity index (χ2v) is 8.53. The topological polar surface area (TPSA) is 0 Å². The third-order valence-electron chi connectivity index (χ3n) is 6.01. The van der Waals surface area contributed by atoms with Gasteiger partial charge in [-0.25, -0.2) is 0 Å². The molecule has 0 aromatic carbocycles. The van der Waals surface area contributed by atoms with Crippen molar-refractivity contribution >= 4 is 0 Å². The van der Waals surface area contributed by atoms with Gasteiger partial charge in [0.2, 0.25) is 0 Å². The fourth-order valence-corrected chi connectivity index (χ4v) is 3.91. The predicted octanol–water partition coefficient (Wildman–Crippen LogP) is 8.21. The van der Waals surface area contributed by atoms with Crippen molar-refractivity contribution in [1.82, 2.24) is 0 Å². The minimum absolute atomic E-state index is 0. The highest BCUT2D eigenvalue weighted by atomic mass is 14.3. The lowest BCUT2D eigenvalue weighted by atomic mass is 9.78. The van der Waals surface area contributed by atoms with Crippen LogP contribution in [-0.2, 0) is 0 Å². The average molecular weight is 313 g/mol. The highest BCUT2D eigenvalue weighted by Crippen LogP contribution is 2.33. The summed E-state index contributed by atoms with van der Waals surface area (Å²) < 4.78 is 0. The minimum Gasteiger partial charge on any atom is -0.0776 e. The maximum atomic E-state index is 2.39. The van der Waals surface area contributed by atoms with E-state index in [-0.39, 0.29) is 14.9 Å². The Bertz CT molecular complexity index is 198. The van der Waals surface area contributed by atoms with Crippen LogP contribution in [0.2, 0.25) is 0 Å². The van der Waals surface area contributed by atoms with Gasteiger partial charge in [-0.05, 0) is 61.2 Å². The van der Waals surface area contributed by atoms with E-state index in [4.69, 9.17) is 0 Å². The predicted molar refractivity (Wildman–Crippen MR) is 105 cm³/mol. The fourth-order valence-electron chi connectivity index (χ4n) is 3.91. The summed E-state index contributed by atoms with van der Waals surface area (Å²) in [5, 5.41) is 0. The van der Waals surface area contributed by atoms with Crippen LogP contribution in [0.5, 0.6) is 0 Å². The van der Waals surface area contributed by atoms with Crippen LogP contribution in [0.15, 0.2) is 0 Å². The molecule has 2 saturated carbocycles. The maximum Gasteiger partial charge on any atom is -0.0391 e. The van der Waals surface area contributed by atoms with Gasteiger partial charge in [-0.2, -0.15) is 0 Å². The van der Waals surface area contributed by atoms with Crippen molar-refractivity contribution in [3.05, 3.63) is 0 Å².